The molecular weight excluding hydrogens is 344 g/mol. The summed E-state index contributed by atoms with van der Waals surface area (Å²) in [4.78, 5) is 0. The molecule has 0 spiro atoms. The Morgan fingerprint density at radius 2 is 1.52 bits per heavy atom. The summed E-state index contributed by atoms with van der Waals surface area (Å²) in [7, 11) is 0. The van der Waals surface area contributed by atoms with Crippen LogP contribution in [0.2, 0.25) is 0 Å². The zero-order valence-corrected chi connectivity index (χ0v) is 16.5. The molecule has 27 heavy (non-hydrogen) atoms. The number of allylic oxidation sites excluding steroid dienone is 5. The van der Waals surface area contributed by atoms with Crippen molar-refractivity contribution in [2.45, 2.75) is 13.8 Å². The zero-order valence-electron chi connectivity index (χ0n) is 15.7. The minimum absolute atomic E-state index is 1.14. The fraction of sp³-hybridized carbons (Fsp3) is 0.0769. The number of aryl methyl sites for hydroxylation is 1. The van der Waals surface area contributed by atoms with Crippen LogP contribution in [0.15, 0.2) is 91.5 Å². The van der Waals surface area contributed by atoms with E-state index in [9.17, 15) is 0 Å². The summed E-state index contributed by atoms with van der Waals surface area (Å²) >= 11 is 1.85. The lowest BCUT2D eigenvalue weighted by Crippen LogP contribution is -1.81. The van der Waals surface area contributed by atoms with Gasteiger partial charge in [-0.2, -0.15) is 0 Å². The van der Waals surface area contributed by atoms with E-state index in [1.54, 1.807) is 0 Å². The van der Waals surface area contributed by atoms with Gasteiger partial charge in [0.2, 0.25) is 0 Å². The van der Waals surface area contributed by atoms with Gasteiger partial charge in [-0.25, -0.2) is 0 Å². The van der Waals surface area contributed by atoms with E-state index in [2.05, 4.69) is 86.3 Å². The molecule has 132 valence electrons. The first-order valence-electron chi connectivity index (χ1n) is 9.19. The van der Waals surface area contributed by atoms with Crippen molar-refractivity contribution in [3.63, 3.8) is 0 Å². The molecule has 1 aromatic heterocycles. The van der Waals surface area contributed by atoms with Gasteiger partial charge in [0.05, 0.1) is 0 Å². The van der Waals surface area contributed by atoms with Crippen molar-refractivity contribution in [1.29, 1.82) is 0 Å². The van der Waals surface area contributed by atoms with Gasteiger partial charge in [0.1, 0.15) is 0 Å². The van der Waals surface area contributed by atoms with Gasteiger partial charge in [-0.15, -0.1) is 11.3 Å². The summed E-state index contributed by atoms with van der Waals surface area (Å²) in [5, 5.41) is 2.64. The van der Waals surface area contributed by atoms with Gasteiger partial charge in [-0.3, -0.25) is 0 Å². The molecule has 0 aliphatic heterocycles. The highest BCUT2D eigenvalue weighted by atomic mass is 32.1. The second-order valence-corrected chi connectivity index (χ2v) is 7.83. The lowest BCUT2D eigenvalue weighted by Gasteiger charge is -2.04. The van der Waals surface area contributed by atoms with E-state index in [-0.39, 0.29) is 0 Å². The Kier molecular flexibility index (Phi) is 4.79. The lowest BCUT2D eigenvalue weighted by atomic mass is 9.99. The molecule has 0 unspecified atom stereocenters. The topological polar surface area (TPSA) is 0 Å². The lowest BCUT2D eigenvalue weighted by molar-refractivity contribution is 1.47. The summed E-state index contributed by atoms with van der Waals surface area (Å²) in [6, 6.07) is 22.3. The third-order valence-electron chi connectivity index (χ3n) is 4.88. The molecule has 0 nitrogen and oxygen atoms in total. The third-order valence-corrected chi connectivity index (χ3v) is 6.03. The fourth-order valence-electron chi connectivity index (χ4n) is 3.36. The van der Waals surface area contributed by atoms with Gasteiger partial charge in [0.15, 0.2) is 0 Å². The van der Waals surface area contributed by atoms with Gasteiger partial charge < -0.3 is 0 Å². The second-order valence-electron chi connectivity index (χ2n) is 6.74. The van der Waals surface area contributed by atoms with Crippen LogP contribution in [0, 0.1) is 6.92 Å². The molecule has 1 heteroatoms. The van der Waals surface area contributed by atoms with E-state index >= 15 is 0 Å². The Morgan fingerprint density at radius 3 is 2.22 bits per heavy atom. The molecule has 0 saturated heterocycles. The van der Waals surface area contributed by atoms with E-state index in [4.69, 9.17) is 0 Å². The van der Waals surface area contributed by atoms with Crippen LogP contribution in [0.4, 0.5) is 0 Å². The molecule has 0 aliphatic carbocycles. The Morgan fingerprint density at radius 1 is 0.852 bits per heavy atom. The molecule has 4 aromatic rings. The number of fused-ring (bicyclic) bond motifs is 3. The van der Waals surface area contributed by atoms with Gasteiger partial charge >= 0.3 is 0 Å². The minimum Gasteiger partial charge on any atom is -0.135 e. The van der Waals surface area contributed by atoms with Crippen molar-refractivity contribution in [3.8, 4) is 11.1 Å². The summed E-state index contributed by atoms with van der Waals surface area (Å²) in [6.45, 7) is 8.13. The Labute approximate surface area is 164 Å². The number of thiophene rings is 1. The highest BCUT2D eigenvalue weighted by Crippen LogP contribution is 2.37. The first kappa shape index (κ1) is 17.5. The first-order valence-corrected chi connectivity index (χ1v) is 10.0. The van der Waals surface area contributed by atoms with E-state index in [1.807, 2.05) is 30.4 Å². The summed E-state index contributed by atoms with van der Waals surface area (Å²) in [6.07, 6.45) is 8.13. The highest BCUT2D eigenvalue weighted by molar-refractivity contribution is 7.25. The number of benzene rings is 3. The molecule has 0 bridgehead atoms. The molecule has 0 N–H and O–H groups in total. The minimum atomic E-state index is 1.14. The summed E-state index contributed by atoms with van der Waals surface area (Å²) in [5.74, 6) is 0. The van der Waals surface area contributed by atoms with E-state index in [1.165, 1.54) is 42.4 Å². The molecule has 4 rings (SSSR count). The third kappa shape index (κ3) is 3.39. The van der Waals surface area contributed by atoms with Crippen molar-refractivity contribution in [2.75, 3.05) is 0 Å². The van der Waals surface area contributed by atoms with Crippen LogP contribution < -0.4 is 0 Å². The maximum Gasteiger partial charge on any atom is 0.0355 e. The highest BCUT2D eigenvalue weighted by Gasteiger charge is 2.09. The number of hydrogen-bond donors (Lipinski definition) is 0. The quantitative estimate of drug-likeness (QED) is 0.319. The van der Waals surface area contributed by atoms with Gasteiger partial charge in [0.25, 0.3) is 0 Å². The standard InChI is InChI=1S/C26H22S/c1-4-6-7-19(5-2)21-12-14-25-23(16-21)24-17-22(13-15-26(24)27-25)20-10-8-18(3)9-11-20/h4-17H,2H2,1,3H3/b6-4-,19-7+. The summed E-state index contributed by atoms with van der Waals surface area (Å²) < 4.78 is 2.65. The molecule has 0 atom stereocenters. The molecule has 0 radical (unpaired) electrons. The van der Waals surface area contributed by atoms with Crippen LogP contribution in [-0.2, 0) is 0 Å². The Bertz CT molecular complexity index is 1180. The van der Waals surface area contributed by atoms with E-state index in [0.29, 0.717) is 0 Å². The normalized spacial score (nSPS) is 12.3. The monoisotopic (exact) mass is 366 g/mol. The molecule has 0 amide bonds. The largest absolute Gasteiger partial charge is 0.135 e. The maximum absolute atomic E-state index is 3.98. The van der Waals surface area contributed by atoms with E-state index < -0.39 is 0 Å². The molecular formula is C26H22S. The van der Waals surface area contributed by atoms with Gasteiger partial charge in [-0.1, -0.05) is 72.8 Å². The van der Waals surface area contributed by atoms with Crippen molar-refractivity contribution < 1.29 is 0 Å². The van der Waals surface area contributed by atoms with Gasteiger partial charge in [-0.05, 0) is 60.4 Å². The van der Waals surface area contributed by atoms with E-state index in [0.717, 1.165) is 5.57 Å². The Balaban J connectivity index is 1.89. The number of rotatable bonds is 4. The van der Waals surface area contributed by atoms with Crippen LogP contribution >= 0.6 is 11.3 Å². The number of hydrogen-bond acceptors (Lipinski definition) is 1. The van der Waals surface area contributed by atoms with Crippen LogP contribution in [0.5, 0.6) is 0 Å². The molecule has 0 aliphatic rings. The molecule has 1 heterocycles. The van der Waals surface area contributed by atoms with Crippen LogP contribution in [0.25, 0.3) is 36.9 Å². The Hall–Kier alpha value is -2.90. The van der Waals surface area contributed by atoms with Crippen LogP contribution in [0.1, 0.15) is 18.1 Å². The predicted molar refractivity (Wildman–Crippen MR) is 122 cm³/mol. The van der Waals surface area contributed by atoms with Crippen molar-refractivity contribution in [1.82, 2.24) is 0 Å². The average molecular weight is 367 g/mol. The van der Waals surface area contributed by atoms with Gasteiger partial charge in [0, 0.05) is 20.2 Å². The molecule has 0 saturated carbocycles. The first-order chi connectivity index (χ1) is 13.2. The average Bonchev–Trinajstić information content (AvgIpc) is 3.06. The maximum atomic E-state index is 3.98. The van der Waals surface area contributed by atoms with Crippen LogP contribution in [0.3, 0.4) is 0 Å². The fourth-order valence-corrected chi connectivity index (χ4v) is 4.43. The van der Waals surface area contributed by atoms with Crippen molar-refractivity contribution >= 4 is 37.1 Å². The van der Waals surface area contributed by atoms with Crippen molar-refractivity contribution in [3.05, 3.63) is 103 Å². The predicted octanol–water partition coefficient (Wildman–Crippen LogP) is 8.18. The van der Waals surface area contributed by atoms with Crippen molar-refractivity contribution in [2.24, 2.45) is 0 Å². The molecule has 0 fully saturated rings. The molecule has 3 aromatic carbocycles. The SMILES string of the molecule is C=C/C(=C\C=C/C)c1ccc2sc3ccc(-c4ccc(C)cc4)cc3c2c1. The smallest absolute Gasteiger partial charge is 0.0355 e. The summed E-state index contributed by atoms with van der Waals surface area (Å²) in [5.41, 5.74) is 6.16. The second kappa shape index (κ2) is 7.38. The zero-order chi connectivity index (χ0) is 18.8. The van der Waals surface area contributed by atoms with Crippen LogP contribution in [-0.4, -0.2) is 0 Å².